The minimum Gasteiger partial charge on any atom is -0.348 e. The molecule has 3 aromatic heterocycles. The van der Waals surface area contributed by atoms with Crippen LogP contribution in [0.25, 0.3) is 27.8 Å². The van der Waals surface area contributed by atoms with E-state index in [0.717, 1.165) is 50.5 Å². The monoisotopic (exact) mass is 450 g/mol. The number of benzene rings is 2. The molecule has 0 saturated heterocycles. The van der Waals surface area contributed by atoms with Gasteiger partial charge in [-0.1, -0.05) is 36.4 Å². The molecule has 7 nitrogen and oxygen atoms in total. The molecular weight excluding hydrogens is 424 g/mol. The topological polar surface area (TPSA) is 77.6 Å². The van der Waals surface area contributed by atoms with Crippen LogP contribution in [0.3, 0.4) is 0 Å². The second-order valence-corrected chi connectivity index (χ2v) is 8.45. The second-order valence-electron chi connectivity index (χ2n) is 8.45. The summed E-state index contributed by atoms with van der Waals surface area (Å²) in [7, 11) is 1.88. The van der Waals surface area contributed by atoms with Gasteiger partial charge in [-0.3, -0.25) is 9.48 Å². The third-order valence-corrected chi connectivity index (χ3v) is 6.12. The maximum absolute atomic E-state index is 13.4. The molecule has 0 saturated carbocycles. The molecule has 0 fully saturated rings. The summed E-state index contributed by atoms with van der Waals surface area (Å²) in [5.74, 6) is -0.146. The van der Waals surface area contributed by atoms with Crippen molar-refractivity contribution in [2.75, 3.05) is 0 Å². The van der Waals surface area contributed by atoms with Crippen LogP contribution in [0.2, 0.25) is 0 Å². The van der Waals surface area contributed by atoms with Crippen LogP contribution in [0, 0.1) is 20.8 Å². The fourth-order valence-electron chi connectivity index (χ4n) is 4.37. The first kappa shape index (κ1) is 21.6. The molecule has 0 unspecified atom stereocenters. The Morgan fingerprint density at radius 1 is 0.941 bits per heavy atom. The quantitative estimate of drug-likeness (QED) is 0.422. The molecule has 0 aliphatic rings. The van der Waals surface area contributed by atoms with Crippen molar-refractivity contribution in [3.05, 3.63) is 95.1 Å². The van der Waals surface area contributed by atoms with Crippen LogP contribution in [-0.2, 0) is 13.6 Å². The summed E-state index contributed by atoms with van der Waals surface area (Å²) in [6.07, 6.45) is 1.93. The van der Waals surface area contributed by atoms with Crippen LogP contribution in [0.5, 0.6) is 0 Å². The Balaban J connectivity index is 1.48. The summed E-state index contributed by atoms with van der Waals surface area (Å²) in [6.45, 7) is 6.34. The van der Waals surface area contributed by atoms with E-state index in [4.69, 9.17) is 10.1 Å². The Morgan fingerprint density at radius 3 is 2.41 bits per heavy atom. The van der Waals surface area contributed by atoms with Gasteiger partial charge >= 0.3 is 0 Å². The van der Waals surface area contributed by atoms with Crippen molar-refractivity contribution >= 4 is 16.8 Å². The molecule has 2 aromatic carbocycles. The number of rotatable bonds is 5. The number of hydrogen-bond donors (Lipinski definition) is 1. The fraction of sp³-hybridized carbons (Fsp3) is 0.185. The number of amides is 1. The minimum atomic E-state index is -0.146. The van der Waals surface area contributed by atoms with Crippen molar-refractivity contribution in [3.63, 3.8) is 0 Å². The summed E-state index contributed by atoms with van der Waals surface area (Å²) in [4.78, 5) is 18.2. The highest BCUT2D eigenvalue weighted by Crippen LogP contribution is 2.27. The zero-order valence-electron chi connectivity index (χ0n) is 19.7. The van der Waals surface area contributed by atoms with E-state index in [9.17, 15) is 4.79 Å². The summed E-state index contributed by atoms with van der Waals surface area (Å²) in [5, 5.41) is 13.1. The number of nitrogens with one attached hydrogen (secondary N) is 1. The molecule has 0 atom stereocenters. The number of aromatic nitrogens is 5. The van der Waals surface area contributed by atoms with Crippen molar-refractivity contribution in [3.8, 4) is 16.9 Å². The molecule has 0 aliphatic carbocycles. The van der Waals surface area contributed by atoms with Crippen LogP contribution >= 0.6 is 0 Å². The lowest BCUT2D eigenvalue weighted by Crippen LogP contribution is -2.24. The Labute approximate surface area is 198 Å². The second kappa shape index (κ2) is 8.59. The number of aryl methyl sites for hydroxylation is 3. The smallest absolute Gasteiger partial charge is 0.252 e. The largest absolute Gasteiger partial charge is 0.348 e. The van der Waals surface area contributed by atoms with Crippen LogP contribution in [0.4, 0.5) is 0 Å². The van der Waals surface area contributed by atoms with Gasteiger partial charge < -0.3 is 5.32 Å². The van der Waals surface area contributed by atoms with E-state index in [1.807, 2.05) is 99.4 Å². The van der Waals surface area contributed by atoms with Gasteiger partial charge in [-0.2, -0.15) is 10.2 Å². The Bertz CT molecular complexity index is 1510. The highest BCUT2D eigenvalue weighted by atomic mass is 16.1. The number of pyridine rings is 1. The first-order valence-corrected chi connectivity index (χ1v) is 11.2. The Hall–Kier alpha value is -4.26. The maximum atomic E-state index is 13.4. The molecule has 5 rings (SSSR count). The molecule has 3 heterocycles. The first-order valence-electron chi connectivity index (χ1n) is 11.2. The van der Waals surface area contributed by atoms with E-state index in [0.29, 0.717) is 12.1 Å². The Kier molecular flexibility index (Phi) is 5.45. The predicted molar refractivity (Wildman–Crippen MR) is 133 cm³/mol. The lowest BCUT2D eigenvalue weighted by molar-refractivity contribution is 0.0952. The fourth-order valence-corrected chi connectivity index (χ4v) is 4.37. The van der Waals surface area contributed by atoms with Crippen LogP contribution in [0.15, 0.2) is 66.9 Å². The number of fused-ring (bicyclic) bond motifs is 1. The van der Waals surface area contributed by atoms with Gasteiger partial charge in [0, 0.05) is 42.0 Å². The molecule has 0 aliphatic heterocycles. The molecule has 0 radical (unpaired) electrons. The highest BCUT2D eigenvalue weighted by molar-refractivity contribution is 6.07. The van der Waals surface area contributed by atoms with Crippen LogP contribution < -0.4 is 5.32 Å². The molecular formula is C27H26N6O. The zero-order chi connectivity index (χ0) is 23.8. The van der Waals surface area contributed by atoms with Gasteiger partial charge in [-0.25, -0.2) is 9.67 Å². The third-order valence-electron chi connectivity index (χ3n) is 6.12. The molecule has 1 amide bonds. The number of carbonyl (C=O) groups excluding carboxylic acids is 1. The van der Waals surface area contributed by atoms with Gasteiger partial charge in [0.2, 0.25) is 0 Å². The van der Waals surface area contributed by atoms with E-state index in [-0.39, 0.29) is 5.91 Å². The van der Waals surface area contributed by atoms with Crippen molar-refractivity contribution in [2.24, 2.45) is 7.05 Å². The number of hydrogen-bond acceptors (Lipinski definition) is 4. The van der Waals surface area contributed by atoms with Crippen molar-refractivity contribution in [1.29, 1.82) is 0 Å². The Morgan fingerprint density at radius 2 is 1.68 bits per heavy atom. The first-order chi connectivity index (χ1) is 16.4. The molecule has 1 N–H and O–H groups in total. The van der Waals surface area contributed by atoms with Gasteiger partial charge in [0.15, 0.2) is 0 Å². The van der Waals surface area contributed by atoms with E-state index in [2.05, 4.69) is 10.4 Å². The normalized spacial score (nSPS) is 11.2. The van der Waals surface area contributed by atoms with Crippen LogP contribution in [-0.4, -0.2) is 30.5 Å². The van der Waals surface area contributed by atoms with Crippen molar-refractivity contribution < 1.29 is 4.79 Å². The van der Waals surface area contributed by atoms with Crippen molar-refractivity contribution in [2.45, 2.75) is 27.3 Å². The van der Waals surface area contributed by atoms with E-state index in [1.165, 1.54) is 0 Å². The predicted octanol–water partition coefficient (Wildman–Crippen LogP) is 4.68. The lowest BCUT2D eigenvalue weighted by Gasteiger charge is -2.11. The lowest BCUT2D eigenvalue weighted by atomic mass is 10.0. The van der Waals surface area contributed by atoms with Crippen LogP contribution in [0.1, 0.15) is 33.0 Å². The molecule has 0 bridgehead atoms. The summed E-state index contributed by atoms with van der Waals surface area (Å²) < 4.78 is 3.68. The van der Waals surface area contributed by atoms with Crippen molar-refractivity contribution in [1.82, 2.24) is 29.9 Å². The number of nitrogens with zero attached hydrogens (tertiary/aromatic N) is 5. The number of carbonyl (C=O) groups is 1. The van der Waals surface area contributed by atoms with Gasteiger partial charge in [0.1, 0.15) is 0 Å². The maximum Gasteiger partial charge on any atom is 0.252 e. The third kappa shape index (κ3) is 3.85. The molecule has 170 valence electrons. The van der Waals surface area contributed by atoms with Gasteiger partial charge in [-0.15, -0.1) is 0 Å². The average molecular weight is 451 g/mol. The van der Waals surface area contributed by atoms with E-state index < -0.39 is 0 Å². The molecule has 34 heavy (non-hydrogen) atoms. The zero-order valence-corrected chi connectivity index (χ0v) is 19.7. The minimum absolute atomic E-state index is 0.146. The van der Waals surface area contributed by atoms with Gasteiger partial charge in [0.05, 0.1) is 33.8 Å². The standard InChI is InChI=1S/C27H26N6O/c1-17-23(19(3)33(31-17)20-10-6-5-7-11-20)15-28-27(34)22-14-26(24-16-32(4)30-18(24)2)29-25-13-9-8-12-21(22)25/h5-14,16H,15H2,1-4H3,(H,28,34). The summed E-state index contributed by atoms with van der Waals surface area (Å²) in [5.41, 5.74) is 7.81. The SMILES string of the molecule is Cc1nn(C)cc1-c1cc(C(=O)NCc2c(C)nn(-c3ccccc3)c2C)c2ccccc2n1. The number of para-hydroxylation sites is 2. The molecule has 0 spiro atoms. The molecule has 7 heteroatoms. The van der Waals surface area contributed by atoms with Gasteiger partial charge in [-0.05, 0) is 45.0 Å². The van der Waals surface area contributed by atoms with E-state index in [1.54, 1.807) is 4.68 Å². The van der Waals surface area contributed by atoms with Gasteiger partial charge in [0.25, 0.3) is 5.91 Å². The van der Waals surface area contributed by atoms with E-state index >= 15 is 0 Å². The molecule has 5 aromatic rings. The summed E-state index contributed by atoms with van der Waals surface area (Å²) in [6, 6.07) is 19.6. The summed E-state index contributed by atoms with van der Waals surface area (Å²) >= 11 is 0. The highest BCUT2D eigenvalue weighted by Gasteiger charge is 2.18. The average Bonchev–Trinajstić information content (AvgIpc) is 3.34.